The van der Waals surface area contributed by atoms with Crippen molar-refractivity contribution in [3.05, 3.63) is 52.3 Å². The Hall–Kier alpha value is -2.56. The molecule has 0 aliphatic rings. The van der Waals surface area contributed by atoms with E-state index in [1.165, 1.54) is 0 Å². The van der Waals surface area contributed by atoms with Gasteiger partial charge < -0.3 is 9.72 Å². The Morgan fingerprint density at radius 2 is 2.05 bits per heavy atom. The molecule has 0 saturated carbocycles. The first kappa shape index (κ1) is 15.8. The summed E-state index contributed by atoms with van der Waals surface area (Å²) < 4.78 is 5.07. The van der Waals surface area contributed by atoms with Crippen LogP contribution in [0.25, 0.3) is 0 Å². The molecule has 0 aliphatic heterocycles. The minimum absolute atomic E-state index is 0.305. The van der Waals surface area contributed by atoms with E-state index in [1.54, 1.807) is 13.1 Å². The van der Waals surface area contributed by atoms with Crippen molar-refractivity contribution in [2.45, 2.75) is 27.7 Å². The number of carbonyl (C=O) groups excluding carboxylic acids is 1. The molecule has 2 N–H and O–H groups in total. The lowest BCUT2D eigenvalue weighted by atomic mass is 10.1. The van der Waals surface area contributed by atoms with Crippen molar-refractivity contribution in [1.29, 1.82) is 0 Å². The molecule has 2 aromatic rings. The number of hydrazone groups is 1. The maximum absolute atomic E-state index is 11.9. The van der Waals surface area contributed by atoms with Gasteiger partial charge in [-0.15, -0.1) is 0 Å². The van der Waals surface area contributed by atoms with Gasteiger partial charge in [0.2, 0.25) is 0 Å². The highest BCUT2D eigenvalue weighted by Crippen LogP contribution is 2.18. The largest absolute Gasteiger partial charge is 0.462 e. The molecule has 1 aromatic carbocycles. The number of aryl methyl sites for hydroxylation is 2. The topological polar surface area (TPSA) is 66.5 Å². The quantitative estimate of drug-likeness (QED) is 0.504. The van der Waals surface area contributed by atoms with E-state index >= 15 is 0 Å². The number of ether oxygens (including phenoxy) is 1. The van der Waals surface area contributed by atoms with E-state index in [9.17, 15) is 4.79 Å². The van der Waals surface area contributed by atoms with Crippen LogP contribution in [0.2, 0.25) is 0 Å². The molecule has 5 heteroatoms. The Bertz CT molecular complexity index is 702. The van der Waals surface area contributed by atoms with E-state index in [4.69, 9.17) is 4.74 Å². The molecule has 0 unspecified atom stereocenters. The minimum Gasteiger partial charge on any atom is -0.462 e. The number of hydrogen-bond acceptors (Lipinski definition) is 4. The second kappa shape index (κ2) is 6.93. The Balaban J connectivity index is 2.17. The van der Waals surface area contributed by atoms with Crippen LogP contribution in [0.5, 0.6) is 0 Å². The summed E-state index contributed by atoms with van der Waals surface area (Å²) in [6.07, 6.45) is 1.68. The molecule has 0 aliphatic carbocycles. The van der Waals surface area contributed by atoms with Gasteiger partial charge in [-0.25, -0.2) is 4.79 Å². The van der Waals surface area contributed by atoms with Crippen molar-refractivity contribution in [2.24, 2.45) is 5.10 Å². The number of benzene rings is 1. The van der Waals surface area contributed by atoms with Crippen molar-refractivity contribution < 1.29 is 9.53 Å². The third-order valence-corrected chi connectivity index (χ3v) is 3.48. The number of esters is 1. The van der Waals surface area contributed by atoms with Gasteiger partial charge >= 0.3 is 5.97 Å². The molecule has 2 rings (SSSR count). The van der Waals surface area contributed by atoms with Crippen molar-refractivity contribution >= 4 is 17.9 Å². The van der Waals surface area contributed by atoms with Gasteiger partial charge in [-0.2, -0.15) is 5.10 Å². The zero-order valence-electron chi connectivity index (χ0n) is 13.4. The Morgan fingerprint density at radius 1 is 1.32 bits per heavy atom. The summed E-state index contributed by atoms with van der Waals surface area (Å²) in [6.45, 7) is 7.90. The van der Waals surface area contributed by atoms with E-state index in [0.29, 0.717) is 12.2 Å². The Morgan fingerprint density at radius 3 is 2.73 bits per heavy atom. The number of rotatable bonds is 5. The van der Waals surface area contributed by atoms with Crippen molar-refractivity contribution in [3.8, 4) is 0 Å². The van der Waals surface area contributed by atoms with Crippen LogP contribution in [0.15, 0.2) is 29.4 Å². The smallest absolute Gasteiger partial charge is 0.340 e. The summed E-state index contributed by atoms with van der Waals surface area (Å²) >= 11 is 0. The molecule has 0 amide bonds. The van der Waals surface area contributed by atoms with Gasteiger partial charge in [-0.1, -0.05) is 18.2 Å². The first-order valence-corrected chi connectivity index (χ1v) is 7.25. The lowest BCUT2D eigenvalue weighted by Gasteiger charge is -2.03. The summed E-state index contributed by atoms with van der Waals surface area (Å²) in [5.74, 6) is -0.305. The van der Waals surface area contributed by atoms with E-state index < -0.39 is 0 Å². The van der Waals surface area contributed by atoms with Gasteiger partial charge in [0.1, 0.15) is 0 Å². The van der Waals surface area contributed by atoms with E-state index in [-0.39, 0.29) is 5.97 Å². The van der Waals surface area contributed by atoms with Crippen LogP contribution in [-0.4, -0.2) is 23.8 Å². The average Bonchev–Trinajstić information content (AvgIpc) is 2.76. The second-order valence-electron chi connectivity index (χ2n) is 5.07. The predicted molar refractivity (Wildman–Crippen MR) is 88.6 cm³/mol. The standard InChI is InChI=1S/C17H21N3O2/c1-5-22-17(21)16-12(3)15(19-13(16)4)10-18-20-14-9-7-6-8-11(14)2/h6-10,19-20H,5H2,1-4H3/b18-10+. The molecular weight excluding hydrogens is 278 g/mol. The lowest BCUT2D eigenvalue weighted by molar-refractivity contribution is 0.0525. The van der Waals surface area contributed by atoms with E-state index in [1.807, 2.05) is 45.0 Å². The fraction of sp³-hybridized carbons (Fsp3) is 0.294. The number of carbonyl (C=O) groups is 1. The third kappa shape index (κ3) is 3.36. The van der Waals surface area contributed by atoms with Crippen LogP contribution < -0.4 is 5.43 Å². The lowest BCUT2D eigenvalue weighted by Crippen LogP contribution is -2.06. The first-order chi connectivity index (χ1) is 10.5. The van der Waals surface area contributed by atoms with Crippen molar-refractivity contribution in [1.82, 2.24) is 4.98 Å². The molecule has 116 valence electrons. The summed E-state index contributed by atoms with van der Waals surface area (Å²) in [7, 11) is 0. The monoisotopic (exact) mass is 299 g/mol. The van der Waals surface area contributed by atoms with Crippen LogP contribution in [0.4, 0.5) is 5.69 Å². The molecule has 22 heavy (non-hydrogen) atoms. The van der Waals surface area contributed by atoms with Crippen LogP contribution in [-0.2, 0) is 4.74 Å². The molecule has 0 bridgehead atoms. The minimum atomic E-state index is -0.305. The Labute approximate surface area is 130 Å². The first-order valence-electron chi connectivity index (χ1n) is 7.25. The zero-order valence-corrected chi connectivity index (χ0v) is 13.4. The molecule has 0 radical (unpaired) electrons. The highest BCUT2D eigenvalue weighted by molar-refractivity contribution is 5.96. The van der Waals surface area contributed by atoms with Gasteiger partial charge in [0, 0.05) is 5.69 Å². The summed E-state index contributed by atoms with van der Waals surface area (Å²) in [5.41, 5.74) is 8.07. The van der Waals surface area contributed by atoms with Crippen LogP contribution in [0, 0.1) is 20.8 Å². The third-order valence-electron chi connectivity index (χ3n) is 3.48. The summed E-state index contributed by atoms with van der Waals surface area (Å²) in [6, 6.07) is 7.91. The second-order valence-corrected chi connectivity index (χ2v) is 5.07. The van der Waals surface area contributed by atoms with Crippen LogP contribution >= 0.6 is 0 Å². The van der Waals surface area contributed by atoms with Gasteiger partial charge in [0.05, 0.1) is 29.8 Å². The van der Waals surface area contributed by atoms with E-state index in [0.717, 1.165) is 28.2 Å². The Kier molecular flexibility index (Phi) is 4.99. The van der Waals surface area contributed by atoms with Gasteiger partial charge in [0.25, 0.3) is 0 Å². The molecule has 0 fully saturated rings. The molecule has 1 aromatic heterocycles. The van der Waals surface area contributed by atoms with Crippen LogP contribution in [0.3, 0.4) is 0 Å². The predicted octanol–water partition coefficient (Wildman–Crippen LogP) is 3.56. The maximum atomic E-state index is 11.9. The zero-order chi connectivity index (χ0) is 16.1. The number of nitrogens with one attached hydrogen (secondary N) is 2. The number of aromatic amines is 1. The average molecular weight is 299 g/mol. The SMILES string of the molecule is CCOC(=O)c1c(C)[nH]c(/C=N/Nc2ccccc2C)c1C. The molecule has 5 nitrogen and oxygen atoms in total. The number of nitrogens with zero attached hydrogens (tertiary/aromatic N) is 1. The fourth-order valence-electron chi connectivity index (χ4n) is 2.28. The number of anilines is 1. The fourth-order valence-corrected chi connectivity index (χ4v) is 2.28. The van der Waals surface area contributed by atoms with Crippen LogP contribution in [0.1, 0.15) is 39.8 Å². The molecule has 1 heterocycles. The van der Waals surface area contributed by atoms with Gasteiger partial charge in [-0.3, -0.25) is 5.43 Å². The van der Waals surface area contributed by atoms with Crippen molar-refractivity contribution in [2.75, 3.05) is 12.0 Å². The number of aromatic nitrogens is 1. The van der Waals surface area contributed by atoms with E-state index in [2.05, 4.69) is 15.5 Å². The van der Waals surface area contributed by atoms with Gasteiger partial charge in [0.15, 0.2) is 0 Å². The summed E-state index contributed by atoms with van der Waals surface area (Å²) in [4.78, 5) is 15.1. The number of hydrogen-bond donors (Lipinski definition) is 2. The molecule has 0 spiro atoms. The maximum Gasteiger partial charge on any atom is 0.340 e. The highest BCUT2D eigenvalue weighted by atomic mass is 16.5. The molecular formula is C17H21N3O2. The van der Waals surface area contributed by atoms with Crippen molar-refractivity contribution in [3.63, 3.8) is 0 Å². The molecule has 0 saturated heterocycles. The highest BCUT2D eigenvalue weighted by Gasteiger charge is 2.18. The number of para-hydroxylation sites is 1. The number of H-pyrrole nitrogens is 1. The summed E-state index contributed by atoms with van der Waals surface area (Å²) in [5, 5.41) is 4.23. The normalized spacial score (nSPS) is 10.9. The van der Waals surface area contributed by atoms with Gasteiger partial charge in [-0.05, 0) is 44.9 Å². The molecule has 0 atom stereocenters.